The van der Waals surface area contributed by atoms with Gasteiger partial charge in [-0.25, -0.2) is 0 Å². The lowest BCUT2D eigenvalue weighted by Gasteiger charge is -2.22. The van der Waals surface area contributed by atoms with E-state index >= 15 is 0 Å². The smallest absolute Gasteiger partial charge is 0.0700 e. The van der Waals surface area contributed by atoms with Gasteiger partial charge in [0.1, 0.15) is 0 Å². The molecule has 82 valence electrons. The minimum Gasteiger partial charge on any atom is -0.382 e. The van der Waals surface area contributed by atoms with E-state index in [1.54, 1.807) is 7.11 Å². The summed E-state index contributed by atoms with van der Waals surface area (Å²) in [5, 5.41) is 0. The first-order chi connectivity index (χ1) is 6.66. The van der Waals surface area contributed by atoms with Gasteiger partial charge in [-0.3, -0.25) is 0 Å². The van der Waals surface area contributed by atoms with Gasteiger partial charge in [-0.1, -0.05) is 26.0 Å². The number of hydrogen-bond acceptors (Lipinski definition) is 2. The molecule has 0 bridgehead atoms. The summed E-state index contributed by atoms with van der Waals surface area (Å²) in [6.07, 6.45) is 7.05. The summed E-state index contributed by atoms with van der Waals surface area (Å²) in [5.74, 6) is 0.735. The predicted molar refractivity (Wildman–Crippen MR) is 58.3 cm³/mol. The van der Waals surface area contributed by atoms with Gasteiger partial charge in [0, 0.05) is 13.7 Å². The van der Waals surface area contributed by atoms with Crippen LogP contribution in [0.4, 0.5) is 0 Å². The molecule has 0 aliphatic heterocycles. The second-order valence-corrected chi connectivity index (χ2v) is 4.55. The van der Waals surface area contributed by atoms with Crippen molar-refractivity contribution in [2.24, 2.45) is 11.3 Å². The second kappa shape index (κ2) is 5.52. The lowest BCUT2D eigenvalue weighted by molar-refractivity contribution is 0.0583. The van der Waals surface area contributed by atoms with E-state index < -0.39 is 0 Å². The van der Waals surface area contributed by atoms with E-state index in [1.807, 2.05) is 0 Å². The normalized spacial score (nSPS) is 31.2. The first kappa shape index (κ1) is 11.7. The molecule has 0 radical (unpaired) electrons. The van der Waals surface area contributed by atoms with Crippen LogP contribution in [0.3, 0.4) is 0 Å². The van der Waals surface area contributed by atoms with Crippen molar-refractivity contribution in [2.45, 2.75) is 26.7 Å². The largest absolute Gasteiger partial charge is 0.382 e. The highest BCUT2D eigenvalue weighted by atomic mass is 16.5. The van der Waals surface area contributed by atoms with E-state index in [0.717, 1.165) is 18.9 Å². The summed E-state index contributed by atoms with van der Waals surface area (Å²) in [4.78, 5) is 0. The molecule has 0 aromatic carbocycles. The van der Waals surface area contributed by atoms with Gasteiger partial charge in [0.25, 0.3) is 0 Å². The first-order valence-electron chi connectivity index (χ1n) is 5.42. The number of allylic oxidation sites excluding steroid dienone is 2. The van der Waals surface area contributed by atoms with Crippen molar-refractivity contribution in [1.29, 1.82) is 0 Å². The van der Waals surface area contributed by atoms with Gasteiger partial charge < -0.3 is 9.47 Å². The maximum Gasteiger partial charge on any atom is 0.0700 e. The molecule has 0 spiro atoms. The van der Waals surface area contributed by atoms with Crippen LogP contribution < -0.4 is 0 Å². The molecule has 0 N–H and O–H groups in total. The fraction of sp³-hybridized carbons (Fsp3) is 0.833. The van der Waals surface area contributed by atoms with Gasteiger partial charge in [0.2, 0.25) is 0 Å². The molecule has 0 aromatic rings. The predicted octanol–water partition coefficient (Wildman–Crippen LogP) is 2.64. The minimum absolute atomic E-state index is 0.368. The fourth-order valence-electron chi connectivity index (χ4n) is 2.00. The van der Waals surface area contributed by atoms with Crippen LogP contribution in [-0.2, 0) is 9.47 Å². The van der Waals surface area contributed by atoms with Gasteiger partial charge in [-0.05, 0) is 24.2 Å². The molecule has 2 unspecified atom stereocenters. The molecule has 14 heavy (non-hydrogen) atoms. The molecular formula is C12H22O2. The summed E-state index contributed by atoms with van der Waals surface area (Å²) in [6, 6.07) is 0. The lowest BCUT2D eigenvalue weighted by atomic mass is 9.85. The van der Waals surface area contributed by atoms with Crippen molar-refractivity contribution in [3.63, 3.8) is 0 Å². The molecule has 0 aromatic heterocycles. The molecule has 0 heterocycles. The third-order valence-electron chi connectivity index (χ3n) is 2.86. The monoisotopic (exact) mass is 198 g/mol. The molecule has 1 aliphatic carbocycles. The molecule has 0 saturated heterocycles. The van der Waals surface area contributed by atoms with Crippen molar-refractivity contribution in [3.05, 3.63) is 12.2 Å². The number of ether oxygens (including phenoxy) is 2. The Kier molecular flexibility index (Phi) is 4.63. The average molecular weight is 198 g/mol. The van der Waals surface area contributed by atoms with Crippen LogP contribution in [0.5, 0.6) is 0 Å². The molecule has 2 heteroatoms. The Morgan fingerprint density at radius 2 is 2.14 bits per heavy atom. The Morgan fingerprint density at radius 1 is 1.36 bits per heavy atom. The summed E-state index contributed by atoms with van der Waals surface area (Å²) in [7, 11) is 1.70. The van der Waals surface area contributed by atoms with Gasteiger partial charge in [0.15, 0.2) is 0 Å². The summed E-state index contributed by atoms with van der Waals surface area (Å²) < 4.78 is 10.4. The van der Waals surface area contributed by atoms with Crippen molar-refractivity contribution in [3.8, 4) is 0 Å². The Bertz CT molecular complexity index is 189. The highest BCUT2D eigenvalue weighted by molar-refractivity contribution is 5.07. The van der Waals surface area contributed by atoms with Gasteiger partial charge in [-0.15, -0.1) is 0 Å². The second-order valence-electron chi connectivity index (χ2n) is 4.55. The average Bonchev–Trinajstić information content (AvgIpc) is 2.47. The molecule has 2 atom stereocenters. The minimum atomic E-state index is 0.368. The third-order valence-corrected chi connectivity index (χ3v) is 2.86. The first-order valence-corrected chi connectivity index (χ1v) is 5.42. The Hall–Kier alpha value is -0.340. The highest BCUT2D eigenvalue weighted by Gasteiger charge is 2.27. The topological polar surface area (TPSA) is 18.5 Å². The Balaban J connectivity index is 2.09. The molecule has 0 amide bonds. The molecular weight excluding hydrogens is 176 g/mol. The van der Waals surface area contributed by atoms with Gasteiger partial charge >= 0.3 is 0 Å². The quantitative estimate of drug-likeness (QED) is 0.482. The zero-order chi connectivity index (χ0) is 10.4. The molecule has 0 fully saturated rings. The summed E-state index contributed by atoms with van der Waals surface area (Å²) in [6.45, 7) is 6.84. The fourth-order valence-corrected chi connectivity index (χ4v) is 2.00. The van der Waals surface area contributed by atoms with Crippen molar-refractivity contribution in [2.75, 3.05) is 26.9 Å². The van der Waals surface area contributed by atoms with Crippen LogP contribution in [0.2, 0.25) is 0 Å². The molecule has 2 nitrogen and oxygen atoms in total. The summed E-state index contributed by atoms with van der Waals surface area (Å²) >= 11 is 0. The van der Waals surface area contributed by atoms with Crippen molar-refractivity contribution in [1.82, 2.24) is 0 Å². The van der Waals surface area contributed by atoms with Crippen molar-refractivity contribution >= 4 is 0 Å². The van der Waals surface area contributed by atoms with E-state index in [2.05, 4.69) is 26.0 Å². The van der Waals surface area contributed by atoms with Crippen LogP contribution in [0, 0.1) is 11.3 Å². The zero-order valence-corrected chi connectivity index (χ0v) is 9.58. The van der Waals surface area contributed by atoms with Crippen molar-refractivity contribution < 1.29 is 9.47 Å². The molecule has 1 rings (SSSR count). The Labute approximate surface area is 87.3 Å². The highest BCUT2D eigenvalue weighted by Crippen LogP contribution is 2.37. The molecule has 0 saturated carbocycles. The number of rotatable bonds is 6. The van der Waals surface area contributed by atoms with Crippen LogP contribution in [-0.4, -0.2) is 26.9 Å². The Morgan fingerprint density at radius 3 is 2.71 bits per heavy atom. The maximum atomic E-state index is 5.48. The van der Waals surface area contributed by atoms with Crippen LogP contribution in [0.25, 0.3) is 0 Å². The standard InChI is InChI=1S/C12H22O2/c1-11-4-5-12(2,10-11)6-7-14-9-8-13-3/h4-5,11H,6-10H2,1-3H3. The van der Waals surface area contributed by atoms with Gasteiger partial charge in [-0.2, -0.15) is 0 Å². The van der Waals surface area contributed by atoms with Crippen LogP contribution >= 0.6 is 0 Å². The van der Waals surface area contributed by atoms with Crippen LogP contribution in [0.15, 0.2) is 12.2 Å². The van der Waals surface area contributed by atoms with E-state index in [0.29, 0.717) is 18.6 Å². The van der Waals surface area contributed by atoms with Crippen LogP contribution in [0.1, 0.15) is 26.7 Å². The van der Waals surface area contributed by atoms with E-state index in [4.69, 9.17) is 9.47 Å². The third kappa shape index (κ3) is 3.81. The zero-order valence-electron chi connectivity index (χ0n) is 9.58. The number of methoxy groups -OCH3 is 1. The summed E-state index contributed by atoms with van der Waals surface area (Å²) in [5.41, 5.74) is 0.368. The van der Waals surface area contributed by atoms with E-state index in [1.165, 1.54) is 6.42 Å². The number of hydrogen-bond donors (Lipinski definition) is 0. The maximum absolute atomic E-state index is 5.48. The lowest BCUT2D eigenvalue weighted by Crippen LogP contribution is -2.15. The van der Waals surface area contributed by atoms with E-state index in [-0.39, 0.29) is 0 Å². The molecule has 1 aliphatic rings. The van der Waals surface area contributed by atoms with Gasteiger partial charge in [0.05, 0.1) is 13.2 Å². The van der Waals surface area contributed by atoms with E-state index in [9.17, 15) is 0 Å². The SMILES string of the molecule is COCCOCCC1(C)C=CC(C)C1.